The van der Waals surface area contributed by atoms with Crippen molar-refractivity contribution >= 4 is 17.4 Å². The van der Waals surface area contributed by atoms with Crippen LogP contribution < -0.4 is 0 Å². The van der Waals surface area contributed by atoms with Crippen LogP contribution in [0.1, 0.15) is 5.56 Å². The summed E-state index contributed by atoms with van der Waals surface area (Å²) in [7, 11) is 1.64. The molecule has 9 heteroatoms. The van der Waals surface area contributed by atoms with E-state index in [0.29, 0.717) is 29.6 Å². The summed E-state index contributed by atoms with van der Waals surface area (Å²) in [5.74, 6) is 1.15. The highest BCUT2D eigenvalue weighted by Crippen LogP contribution is 2.29. The molecule has 1 aromatic carbocycles. The number of methoxy groups -OCH3 is 1. The van der Waals surface area contributed by atoms with E-state index in [4.69, 9.17) is 4.74 Å². The number of nitro groups is 1. The summed E-state index contributed by atoms with van der Waals surface area (Å²) in [5, 5.41) is 20.4. The molecule has 0 fully saturated rings. The fraction of sp³-hybridized carbons (Fsp3) is 0.235. The molecule has 0 aliphatic rings. The monoisotopic (exact) mass is 371 g/mol. The highest BCUT2D eigenvalue weighted by atomic mass is 32.2. The molecule has 0 atom stereocenters. The van der Waals surface area contributed by atoms with Crippen LogP contribution in [0, 0.1) is 10.1 Å². The van der Waals surface area contributed by atoms with Gasteiger partial charge in [-0.2, -0.15) is 0 Å². The van der Waals surface area contributed by atoms with Gasteiger partial charge in [-0.3, -0.25) is 19.7 Å². The van der Waals surface area contributed by atoms with Gasteiger partial charge in [0.15, 0.2) is 11.0 Å². The molecule has 0 radical (unpaired) electrons. The third kappa shape index (κ3) is 4.06. The van der Waals surface area contributed by atoms with Gasteiger partial charge < -0.3 is 4.74 Å². The quantitative estimate of drug-likeness (QED) is 0.341. The summed E-state index contributed by atoms with van der Waals surface area (Å²) in [4.78, 5) is 14.8. The van der Waals surface area contributed by atoms with E-state index in [1.54, 1.807) is 37.7 Å². The minimum atomic E-state index is -0.367. The van der Waals surface area contributed by atoms with Crippen LogP contribution in [0.2, 0.25) is 0 Å². The van der Waals surface area contributed by atoms with E-state index in [2.05, 4.69) is 15.2 Å². The number of nitro benzene ring substituents is 1. The maximum atomic E-state index is 11.2. The molecule has 26 heavy (non-hydrogen) atoms. The van der Waals surface area contributed by atoms with Crippen molar-refractivity contribution in [1.82, 2.24) is 19.7 Å². The summed E-state index contributed by atoms with van der Waals surface area (Å²) in [5.41, 5.74) is 1.66. The number of aromatic nitrogens is 4. The number of hydrogen-bond acceptors (Lipinski definition) is 7. The minimum absolute atomic E-state index is 0.109. The smallest absolute Gasteiger partial charge is 0.273 e. The number of rotatable bonds is 8. The zero-order valence-electron chi connectivity index (χ0n) is 14.1. The average molecular weight is 371 g/mol. The van der Waals surface area contributed by atoms with Gasteiger partial charge in [0.05, 0.1) is 18.1 Å². The van der Waals surface area contributed by atoms with Crippen molar-refractivity contribution < 1.29 is 9.66 Å². The third-order valence-electron chi connectivity index (χ3n) is 3.72. The number of pyridine rings is 1. The lowest BCUT2D eigenvalue weighted by Gasteiger charge is -2.09. The fourth-order valence-electron chi connectivity index (χ4n) is 2.45. The Bertz CT molecular complexity index is 885. The van der Waals surface area contributed by atoms with Crippen molar-refractivity contribution in [3.05, 3.63) is 64.5 Å². The van der Waals surface area contributed by atoms with E-state index in [1.165, 1.54) is 17.8 Å². The predicted molar refractivity (Wildman–Crippen MR) is 97.8 cm³/mol. The van der Waals surface area contributed by atoms with E-state index in [0.717, 1.165) is 11.4 Å². The Morgan fingerprint density at radius 1 is 1.19 bits per heavy atom. The molecule has 134 valence electrons. The largest absolute Gasteiger partial charge is 0.383 e. The Balaban J connectivity index is 1.86. The molecule has 0 N–H and O–H groups in total. The lowest BCUT2D eigenvalue weighted by atomic mass is 10.2. The molecule has 0 aliphatic carbocycles. The first-order chi connectivity index (χ1) is 12.7. The second kappa shape index (κ2) is 8.54. The number of nitrogens with zero attached hydrogens (tertiary/aromatic N) is 5. The molecule has 0 amide bonds. The van der Waals surface area contributed by atoms with Gasteiger partial charge in [0.1, 0.15) is 0 Å². The van der Waals surface area contributed by atoms with E-state index in [-0.39, 0.29) is 10.6 Å². The number of thioether (sulfide) groups is 1. The number of ether oxygens (including phenoxy) is 1. The summed E-state index contributed by atoms with van der Waals surface area (Å²) >= 11 is 1.41. The molecule has 0 spiro atoms. The zero-order valence-corrected chi connectivity index (χ0v) is 14.9. The standard InChI is InChI=1S/C17H17N5O3S/c1-25-11-10-21-16(13-6-8-18-9-7-13)19-20-17(21)26-12-14-4-2-3-5-15(14)22(23)24/h2-9H,10-12H2,1H3. The highest BCUT2D eigenvalue weighted by molar-refractivity contribution is 7.98. The van der Waals surface area contributed by atoms with Crippen molar-refractivity contribution in [2.75, 3.05) is 13.7 Å². The minimum Gasteiger partial charge on any atom is -0.383 e. The molecule has 2 aromatic heterocycles. The van der Waals surface area contributed by atoms with Crippen LogP contribution >= 0.6 is 11.8 Å². The summed E-state index contributed by atoms with van der Waals surface area (Å²) in [6.45, 7) is 1.09. The van der Waals surface area contributed by atoms with Crippen molar-refractivity contribution in [2.45, 2.75) is 17.5 Å². The zero-order chi connectivity index (χ0) is 18.4. The molecule has 2 heterocycles. The maximum Gasteiger partial charge on any atom is 0.273 e. The highest BCUT2D eigenvalue weighted by Gasteiger charge is 2.17. The first-order valence-corrected chi connectivity index (χ1v) is 8.87. The van der Waals surface area contributed by atoms with E-state index < -0.39 is 0 Å². The molecule has 8 nitrogen and oxygen atoms in total. The van der Waals surface area contributed by atoms with Gasteiger partial charge in [-0.25, -0.2) is 0 Å². The summed E-state index contributed by atoms with van der Waals surface area (Å²) in [6.07, 6.45) is 3.40. The van der Waals surface area contributed by atoms with E-state index in [1.807, 2.05) is 16.7 Å². The molecule has 0 saturated heterocycles. The van der Waals surface area contributed by atoms with Gasteiger partial charge in [0.2, 0.25) is 0 Å². The first-order valence-electron chi connectivity index (χ1n) is 7.88. The molecule has 3 aromatic rings. The van der Waals surface area contributed by atoms with Crippen LogP contribution in [-0.4, -0.2) is 38.4 Å². The van der Waals surface area contributed by atoms with Crippen LogP contribution in [0.15, 0.2) is 53.9 Å². The topological polar surface area (TPSA) is 96.0 Å². The number of benzene rings is 1. The normalized spacial score (nSPS) is 10.8. The van der Waals surface area contributed by atoms with Crippen molar-refractivity contribution in [3.63, 3.8) is 0 Å². The molecule has 0 saturated carbocycles. The van der Waals surface area contributed by atoms with Gasteiger partial charge >= 0.3 is 0 Å². The maximum absolute atomic E-state index is 11.2. The Kier molecular flexibility index (Phi) is 5.92. The summed E-state index contributed by atoms with van der Waals surface area (Å²) < 4.78 is 7.14. The van der Waals surface area contributed by atoms with Gasteiger partial charge in [0, 0.05) is 42.4 Å². The van der Waals surface area contributed by atoms with Crippen molar-refractivity contribution in [1.29, 1.82) is 0 Å². The molecular formula is C17H17N5O3S. The van der Waals surface area contributed by atoms with Gasteiger partial charge in [-0.05, 0) is 12.1 Å². The Morgan fingerprint density at radius 2 is 1.96 bits per heavy atom. The molecule has 0 aliphatic heterocycles. The van der Waals surface area contributed by atoms with E-state index in [9.17, 15) is 10.1 Å². The van der Waals surface area contributed by atoms with Crippen LogP contribution in [-0.2, 0) is 17.0 Å². The number of hydrogen-bond donors (Lipinski definition) is 0. The Hall–Kier alpha value is -2.78. The van der Waals surface area contributed by atoms with Gasteiger partial charge in [-0.1, -0.05) is 30.0 Å². The average Bonchev–Trinajstić information content (AvgIpc) is 3.08. The lowest BCUT2D eigenvalue weighted by Crippen LogP contribution is -2.07. The molecule has 0 bridgehead atoms. The Labute approximate surface area is 154 Å². The second-order valence-electron chi connectivity index (χ2n) is 5.36. The molecule has 0 unspecified atom stereocenters. The van der Waals surface area contributed by atoms with Crippen molar-refractivity contribution in [3.8, 4) is 11.4 Å². The molecule has 3 rings (SSSR count). The molecular weight excluding hydrogens is 354 g/mol. The summed E-state index contributed by atoms with van der Waals surface area (Å²) in [6, 6.07) is 10.4. The van der Waals surface area contributed by atoms with Crippen LogP contribution in [0.3, 0.4) is 0 Å². The predicted octanol–water partition coefficient (Wildman–Crippen LogP) is 3.19. The SMILES string of the molecule is COCCn1c(SCc2ccccc2[N+](=O)[O-])nnc1-c1ccncc1. The lowest BCUT2D eigenvalue weighted by molar-refractivity contribution is -0.385. The third-order valence-corrected chi connectivity index (χ3v) is 4.74. The first kappa shape index (κ1) is 18.0. The van der Waals surface area contributed by atoms with Crippen molar-refractivity contribution in [2.24, 2.45) is 0 Å². The van der Waals surface area contributed by atoms with Gasteiger partial charge in [-0.15, -0.1) is 10.2 Å². The second-order valence-corrected chi connectivity index (χ2v) is 6.30. The fourth-order valence-corrected chi connectivity index (χ4v) is 3.41. The van der Waals surface area contributed by atoms with Crippen LogP contribution in [0.5, 0.6) is 0 Å². The van der Waals surface area contributed by atoms with E-state index >= 15 is 0 Å². The van der Waals surface area contributed by atoms with Crippen LogP contribution in [0.4, 0.5) is 5.69 Å². The number of para-hydroxylation sites is 1. The van der Waals surface area contributed by atoms with Gasteiger partial charge in [0.25, 0.3) is 5.69 Å². The Morgan fingerprint density at radius 3 is 2.69 bits per heavy atom. The van der Waals surface area contributed by atoms with Crippen LogP contribution in [0.25, 0.3) is 11.4 Å².